The molecule has 3 nitrogen and oxygen atoms in total. The zero-order valence-corrected chi connectivity index (χ0v) is 11.8. The molecule has 18 heavy (non-hydrogen) atoms. The Labute approximate surface area is 115 Å². The van der Waals surface area contributed by atoms with E-state index >= 15 is 0 Å². The van der Waals surface area contributed by atoms with Crippen molar-refractivity contribution in [3.63, 3.8) is 0 Å². The van der Waals surface area contributed by atoms with Crippen LogP contribution in [0.4, 0.5) is 0 Å². The third-order valence-electron chi connectivity index (χ3n) is 3.01. The molecule has 0 bridgehead atoms. The molecule has 1 heterocycles. The van der Waals surface area contributed by atoms with Crippen molar-refractivity contribution in [2.45, 2.75) is 19.5 Å². The average molecular weight is 284 g/mol. The molecule has 2 rings (SSSR count). The summed E-state index contributed by atoms with van der Waals surface area (Å²) >= 11 is 7.94. The van der Waals surface area contributed by atoms with Crippen molar-refractivity contribution in [1.29, 1.82) is 0 Å². The van der Waals surface area contributed by atoms with Crippen molar-refractivity contribution in [3.05, 3.63) is 34.2 Å². The summed E-state index contributed by atoms with van der Waals surface area (Å²) in [7, 11) is 1.79. The van der Waals surface area contributed by atoms with Gasteiger partial charge in [0.15, 0.2) is 0 Å². The summed E-state index contributed by atoms with van der Waals surface area (Å²) in [6.07, 6.45) is 0. The van der Waals surface area contributed by atoms with Gasteiger partial charge in [-0.25, -0.2) is 0 Å². The number of carbonyl (C=O) groups is 1. The second kappa shape index (κ2) is 5.26. The topological polar surface area (TPSA) is 40.5 Å². The summed E-state index contributed by atoms with van der Waals surface area (Å²) in [4.78, 5) is 13.7. The van der Waals surface area contributed by atoms with Gasteiger partial charge in [-0.3, -0.25) is 9.69 Å². The van der Waals surface area contributed by atoms with Gasteiger partial charge in [0.1, 0.15) is 6.04 Å². The number of hydrogen-bond acceptors (Lipinski definition) is 3. The Morgan fingerprint density at radius 1 is 1.50 bits per heavy atom. The van der Waals surface area contributed by atoms with Crippen LogP contribution in [0.5, 0.6) is 0 Å². The van der Waals surface area contributed by atoms with E-state index in [0.717, 1.165) is 20.0 Å². The third kappa shape index (κ3) is 2.51. The minimum Gasteiger partial charge on any atom is -0.480 e. The molecule has 0 aliphatic heterocycles. The Morgan fingerprint density at radius 3 is 2.78 bits per heavy atom. The second-order valence-electron chi connectivity index (χ2n) is 4.26. The van der Waals surface area contributed by atoms with Crippen LogP contribution >= 0.6 is 22.9 Å². The van der Waals surface area contributed by atoms with E-state index in [2.05, 4.69) is 0 Å². The van der Waals surface area contributed by atoms with Crippen LogP contribution in [-0.4, -0.2) is 29.1 Å². The number of nitrogens with zero attached hydrogens (tertiary/aromatic N) is 1. The minimum absolute atomic E-state index is 0.522. The standard InChI is InChI=1S/C13H14ClNO2S/c1-8(13(16)17)15(2)7-11-12(14)9-5-3-4-6-10(9)18-11/h3-6,8H,7H2,1-2H3,(H,16,17). The molecule has 0 radical (unpaired) electrons. The molecule has 0 aliphatic rings. The van der Waals surface area contributed by atoms with Crippen LogP contribution in [0.3, 0.4) is 0 Å². The maximum absolute atomic E-state index is 10.9. The highest BCUT2D eigenvalue weighted by Gasteiger charge is 2.19. The lowest BCUT2D eigenvalue weighted by atomic mass is 10.2. The molecule has 1 aromatic heterocycles. The van der Waals surface area contributed by atoms with Crippen molar-refractivity contribution in [2.24, 2.45) is 0 Å². The lowest BCUT2D eigenvalue weighted by Gasteiger charge is -2.20. The van der Waals surface area contributed by atoms with Crippen LogP contribution in [-0.2, 0) is 11.3 Å². The molecule has 0 amide bonds. The number of carboxylic acid groups (broad SMARTS) is 1. The molecular weight excluding hydrogens is 270 g/mol. The quantitative estimate of drug-likeness (QED) is 0.934. The van der Waals surface area contributed by atoms with Gasteiger partial charge < -0.3 is 5.11 Å². The van der Waals surface area contributed by atoms with E-state index in [0.29, 0.717) is 6.54 Å². The maximum Gasteiger partial charge on any atom is 0.320 e. The Hall–Kier alpha value is -1.10. The molecule has 1 N–H and O–H groups in total. The van der Waals surface area contributed by atoms with E-state index in [4.69, 9.17) is 16.7 Å². The van der Waals surface area contributed by atoms with Gasteiger partial charge in [-0.15, -0.1) is 11.3 Å². The number of hydrogen-bond donors (Lipinski definition) is 1. The van der Waals surface area contributed by atoms with Gasteiger partial charge in [0, 0.05) is 21.5 Å². The van der Waals surface area contributed by atoms with Gasteiger partial charge in [0.2, 0.25) is 0 Å². The van der Waals surface area contributed by atoms with Crippen molar-refractivity contribution in [1.82, 2.24) is 4.90 Å². The SMILES string of the molecule is CC(C(=O)O)N(C)Cc1sc2ccccc2c1Cl. The number of aliphatic carboxylic acids is 1. The highest BCUT2D eigenvalue weighted by atomic mass is 35.5. The molecule has 0 spiro atoms. The van der Waals surface area contributed by atoms with Gasteiger partial charge in [-0.2, -0.15) is 0 Å². The highest BCUT2D eigenvalue weighted by Crippen LogP contribution is 2.35. The molecule has 0 saturated heterocycles. The second-order valence-corrected chi connectivity index (χ2v) is 5.78. The van der Waals surface area contributed by atoms with Crippen molar-refractivity contribution in [3.8, 4) is 0 Å². The molecule has 0 fully saturated rings. The Balaban J connectivity index is 2.27. The normalized spacial score (nSPS) is 13.1. The molecule has 96 valence electrons. The molecule has 1 unspecified atom stereocenters. The fourth-order valence-electron chi connectivity index (χ4n) is 1.72. The predicted octanol–water partition coefficient (Wildman–Crippen LogP) is 3.46. The fraction of sp³-hybridized carbons (Fsp3) is 0.308. The fourth-order valence-corrected chi connectivity index (χ4v) is 3.27. The number of fused-ring (bicyclic) bond motifs is 1. The van der Waals surface area contributed by atoms with Crippen LogP contribution in [0, 0.1) is 0 Å². The Kier molecular flexibility index (Phi) is 3.90. The first-order valence-electron chi connectivity index (χ1n) is 5.59. The third-order valence-corrected chi connectivity index (χ3v) is 4.71. The lowest BCUT2D eigenvalue weighted by molar-refractivity contribution is -0.142. The summed E-state index contributed by atoms with van der Waals surface area (Å²) in [5.41, 5.74) is 0. The number of halogens is 1. The van der Waals surface area contributed by atoms with Gasteiger partial charge in [0.05, 0.1) is 5.02 Å². The van der Waals surface area contributed by atoms with E-state index in [-0.39, 0.29) is 0 Å². The van der Waals surface area contributed by atoms with E-state index in [9.17, 15) is 4.79 Å². The summed E-state index contributed by atoms with van der Waals surface area (Å²) in [6.45, 7) is 2.22. The van der Waals surface area contributed by atoms with E-state index in [1.807, 2.05) is 24.3 Å². The Morgan fingerprint density at radius 2 is 2.17 bits per heavy atom. The zero-order chi connectivity index (χ0) is 13.3. The predicted molar refractivity (Wildman–Crippen MR) is 75.4 cm³/mol. The first-order valence-corrected chi connectivity index (χ1v) is 6.79. The van der Waals surface area contributed by atoms with E-state index < -0.39 is 12.0 Å². The van der Waals surface area contributed by atoms with E-state index in [1.54, 1.807) is 30.2 Å². The van der Waals surface area contributed by atoms with Gasteiger partial charge in [0.25, 0.3) is 0 Å². The average Bonchev–Trinajstić information content (AvgIpc) is 2.66. The Bertz CT molecular complexity index is 581. The van der Waals surface area contributed by atoms with Crippen LogP contribution < -0.4 is 0 Å². The van der Waals surface area contributed by atoms with Gasteiger partial charge >= 0.3 is 5.97 Å². The number of thiophene rings is 1. The van der Waals surface area contributed by atoms with Crippen LogP contribution in [0.2, 0.25) is 5.02 Å². The number of likely N-dealkylation sites (N-methyl/N-ethyl adjacent to an activating group) is 1. The molecule has 0 aliphatic carbocycles. The van der Waals surface area contributed by atoms with Crippen LogP contribution in [0.1, 0.15) is 11.8 Å². The molecule has 0 saturated carbocycles. The monoisotopic (exact) mass is 283 g/mol. The smallest absolute Gasteiger partial charge is 0.320 e. The summed E-state index contributed by atoms with van der Waals surface area (Å²) in [5.74, 6) is -0.824. The first kappa shape index (κ1) is 13.3. The van der Waals surface area contributed by atoms with E-state index in [1.165, 1.54) is 0 Å². The minimum atomic E-state index is -0.824. The first-order chi connectivity index (χ1) is 8.50. The molecule has 2 aromatic rings. The molecule has 1 atom stereocenters. The van der Waals surface area contributed by atoms with Crippen LogP contribution in [0.25, 0.3) is 10.1 Å². The van der Waals surface area contributed by atoms with Gasteiger partial charge in [-0.1, -0.05) is 29.8 Å². The number of rotatable bonds is 4. The number of carboxylic acids is 1. The van der Waals surface area contributed by atoms with Gasteiger partial charge in [-0.05, 0) is 20.0 Å². The number of benzene rings is 1. The summed E-state index contributed by atoms with van der Waals surface area (Å²) in [6, 6.07) is 7.41. The molecular formula is C13H14ClNO2S. The van der Waals surface area contributed by atoms with Crippen molar-refractivity contribution >= 4 is 39.0 Å². The summed E-state index contributed by atoms with van der Waals surface area (Å²) in [5, 5.41) is 10.7. The van der Waals surface area contributed by atoms with Crippen molar-refractivity contribution < 1.29 is 9.90 Å². The molecule has 1 aromatic carbocycles. The summed E-state index contributed by atoms with van der Waals surface area (Å²) < 4.78 is 1.13. The lowest BCUT2D eigenvalue weighted by Crippen LogP contribution is -2.35. The maximum atomic E-state index is 10.9. The highest BCUT2D eigenvalue weighted by molar-refractivity contribution is 7.19. The van der Waals surface area contributed by atoms with Crippen LogP contribution in [0.15, 0.2) is 24.3 Å². The zero-order valence-electron chi connectivity index (χ0n) is 10.2. The molecule has 5 heteroatoms. The van der Waals surface area contributed by atoms with Crippen molar-refractivity contribution in [2.75, 3.05) is 7.05 Å². The largest absolute Gasteiger partial charge is 0.480 e.